The lowest BCUT2D eigenvalue weighted by Gasteiger charge is -1.95. The van der Waals surface area contributed by atoms with Crippen LogP contribution in [0.3, 0.4) is 0 Å². The first kappa shape index (κ1) is 8.36. The minimum Gasteiger partial charge on any atom is -0.476 e. The van der Waals surface area contributed by atoms with Crippen LogP contribution in [0.25, 0.3) is 11.0 Å². The third kappa shape index (κ3) is 1.22. The van der Waals surface area contributed by atoms with E-state index in [1.54, 1.807) is 0 Å². The van der Waals surface area contributed by atoms with Gasteiger partial charge in [-0.15, -0.1) is 10.2 Å². The van der Waals surface area contributed by atoms with Crippen molar-refractivity contribution in [2.24, 2.45) is 0 Å². The SMILES string of the molecule is O=C(O)c1cc2[nH]ccc(=O)c2nn1. The summed E-state index contributed by atoms with van der Waals surface area (Å²) in [4.78, 5) is 24.4. The summed E-state index contributed by atoms with van der Waals surface area (Å²) in [7, 11) is 0. The second kappa shape index (κ2) is 2.91. The van der Waals surface area contributed by atoms with E-state index in [-0.39, 0.29) is 16.6 Å². The third-order valence-corrected chi connectivity index (χ3v) is 1.72. The molecule has 0 spiro atoms. The Morgan fingerprint density at radius 1 is 1.43 bits per heavy atom. The smallest absolute Gasteiger partial charge is 0.356 e. The Bertz CT molecular complexity index is 561. The molecule has 2 aromatic heterocycles. The van der Waals surface area contributed by atoms with E-state index < -0.39 is 5.97 Å². The van der Waals surface area contributed by atoms with Gasteiger partial charge in [0.15, 0.2) is 11.2 Å². The third-order valence-electron chi connectivity index (χ3n) is 1.72. The molecular formula is C8H5N3O3. The highest BCUT2D eigenvalue weighted by atomic mass is 16.4. The molecular weight excluding hydrogens is 186 g/mol. The van der Waals surface area contributed by atoms with Crippen molar-refractivity contribution in [2.75, 3.05) is 0 Å². The number of carbonyl (C=O) groups is 1. The van der Waals surface area contributed by atoms with Crippen LogP contribution in [0.1, 0.15) is 10.5 Å². The zero-order valence-corrected chi connectivity index (χ0v) is 6.89. The van der Waals surface area contributed by atoms with Crippen molar-refractivity contribution in [3.63, 3.8) is 0 Å². The molecule has 2 N–H and O–H groups in total. The first-order chi connectivity index (χ1) is 6.68. The Labute approximate surface area is 77.2 Å². The van der Waals surface area contributed by atoms with Gasteiger partial charge in [-0.2, -0.15) is 0 Å². The average Bonchev–Trinajstić information content (AvgIpc) is 2.17. The predicted octanol–water partition coefficient (Wildman–Crippen LogP) is 0.0163. The largest absolute Gasteiger partial charge is 0.476 e. The van der Waals surface area contributed by atoms with E-state index in [0.29, 0.717) is 5.52 Å². The van der Waals surface area contributed by atoms with Crippen molar-refractivity contribution in [3.8, 4) is 0 Å². The van der Waals surface area contributed by atoms with E-state index in [4.69, 9.17) is 5.11 Å². The zero-order valence-electron chi connectivity index (χ0n) is 6.89. The number of pyridine rings is 1. The van der Waals surface area contributed by atoms with Crippen LogP contribution in [0.5, 0.6) is 0 Å². The van der Waals surface area contributed by atoms with E-state index in [1.807, 2.05) is 0 Å². The van der Waals surface area contributed by atoms with Crippen LogP contribution in [-0.4, -0.2) is 26.3 Å². The Morgan fingerprint density at radius 3 is 2.93 bits per heavy atom. The minimum atomic E-state index is -1.18. The molecule has 2 aromatic rings. The standard InChI is InChI=1S/C8H5N3O3/c12-6-1-2-9-4-3-5(8(13)14)10-11-7(4)6/h1-3H,(H,9,12)(H,13,14). The van der Waals surface area contributed by atoms with Gasteiger partial charge in [-0.25, -0.2) is 4.79 Å². The van der Waals surface area contributed by atoms with E-state index in [1.165, 1.54) is 18.3 Å². The molecule has 14 heavy (non-hydrogen) atoms. The molecule has 0 fully saturated rings. The maximum atomic E-state index is 11.2. The predicted molar refractivity (Wildman–Crippen MR) is 47.1 cm³/mol. The minimum absolute atomic E-state index is 0.137. The number of aromatic amines is 1. The van der Waals surface area contributed by atoms with Crippen LogP contribution < -0.4 is 5.43 Å². The number of carboxylic acids is 1. The lowest BCUT2D eigenvalue weighted by atomic mass is 10.3. The molecule has 0 atom stereocenters. The lowest BCUT2D eigenvalue weighted by molar-refractivity contribution is 0.0689. The van der Waals surface area contributed by atoms with Crippen molar-refractivity contribution < 1.29 is 9.90 Å². The van der Waals surface area contributed by atoms with Gasteiger partial charge in [0.05, 0.1) is 5.52 Å². The lowest BCUT2D eigenvalue weighted by Crippen LogP contribution is -2.08. The fraction of sp³-hybridized carbons (Fsp3) is 0. The van der Waals surface area contributed by atoms with Gasteiger partial charge in [-0.3, -0.25) is 4.79 Å². The van der Waals surface area contributed by atoms with Gasteiger partial charge in [0, 0.05) is 12.3 Å². The van der Waals surface area contributed by atoms with Crippen molar-refractivity contribution in [3.05, 3.63) is 34.2 Å². The van der Waals surface area contributed by atoms with Gasteiger partial charge in [0.1, 0.15) is 0 Å². The van der Waals surface area contributed by atoms with Gasteiger partial charge in [-0.05, 0) is 6.07 Å². The first-order valence-electron chi connectivity index (χ1n) is 3.77. The molecule has 2 rings (SSSR count). The summed E-state index contributed by atoms with van der Waals surface area (Å²) < 4.78 is 0. The quantitative estimate of drug-likeness (QED) is 0.662. The monoisotopic (exact) mass is 191 g/mol. The molecule has 6 heteroatoms. The highest BCUT2D eigenvalue weighted by Crippen LogP contribution is 2.03. The van der Waals surface area contributed by atoms with Crippen molar-refractivity contribution >= 4 is 17.0 Å². The summed E-state index contributed by atoms with van der Waals surface area (Å²) in [6.07, 6.45) is 1.43. The summed E-state index contributed by atoms with van der Waals surface area (Å²) in [5.41, 5.74) is 0.0185. The molecule has 0 amide bonds. The number of rotatable bonds is 1. The highest BCUT2D eigenvalue weighted by Gasteiger charge is 2.07. The number of hydrogen-bond acceptors (Lipinski definition) is 4. The molecule has 0 radical (unpaired) electrons. The Balaban J connectivity index is 2.80. The molecule has 0 saturated carbocycles. The average molecular weight is 191 g/mol. The Kier molecular flexibility index (Phi) is 1.74. The van der Waals surface area contributed by atoms with Crippen molar-refractivity contribution in [2.45, 2.75) is 0 Å². The molecule has 2 heterocycles. The van der Waals surface area contributed by atoms with Gasteiger partial charge in [0.2, 0.25) is 5.43 Å². The number of carboxylic acid groups (broad SMARTS) is 1. The molecule has 0 unspecified atom stereocenters. The summed E-state index contributed by atoms with van der Waals surface area (Å²) in [6, 6.07) is 2.57. The Morgan fingerprint density at radius 2 is 2.21 bits per heavy atom. The Hall–Kier alpha value is -2.24. The van der Waals surface area contributed by atoms with Crippen LogP contribution in [0.2, 0.25) is 0 Å². The summed E-state index contributed by atoms with van der Waals surface area (Å²) in [5, 5.41) is 15.5. The fourth-order valence-electron chi connectivity index (χ4n) is 1.07. The van der Waals surface area contributed by atoms with E-state index in [9.17, 15) is 9.59 Å². The van der Waals surface area contributed by atoms with E-state index in [2.05, 4.69) is 15.2 Å². The molecule has 0 aliphatic carbocycles. The maximum absolute atomic E-state index is 11.2. The molecule has 0 aliphatic rings. The second-order valence-corrected chi connectivity index (χ2v) is 2.64. The summed E-state index contributed by atoms with van der Waals surface area (Å²) >= 11 is 0. The number of aromatic nitrogens is 3. The molecule has 0 aliphatic heterocycles. The van der Waals surface area contributed by atoms with E-state index >= 15 is 0 Å². The molecule has 0 aromatic carbocycles. The topological polar surface area (TPSA) is 95.9 Å². The maximum Gasteiger partial charge on any atom is 0.356 e. The van der Waals surface area contributed by atoms with Gasteiger partial charge in [-0.1, -0.05) is 0 Å². The highest BCUT2D eigenvalue weighted by molar-refractivity contribution is 5.88. The number of hydrogen-bond donors (Lipinski definition) is 2. The number of nitrogens with zero attached hydrogens (tertiary/aromatic N) is 2. The molecule has 0 bridgehead atoms. The van der Waals surface area contributed by atoms with Crippen molar-refractivity contribution in [1.82, 2.24) is 15.2 Å². The van der Waals surface area contributed by atoms with Crippen LogP contribution in [-0.2, 0) is 0 Å². The van der Waals surface area contributed by atoms with Gasteiger partial charge in [0.25, 0.3) is 0 Å². The number of nitrogens with one attached hydrogen (secondary N) is 1. The molecule has 6 nitrogen and oxygen atoms in total. The van der Waals surface area contributed by atoms with Crippen molar-refractivity contribution in [1.29, 1.82) is 0 Å². The van der Waals surface area contributed by atoms with Gasteiger partial charge < -0.3 is 10.1 Å². The van der Waals surface area contributed by atoms with Crippen LogP contribution >= 0.6 is 0 Å². The molecule has 0 saturated heterocycles. The van der Waals surface area contributed by atoms with E-state index in [0.717, 1.165) is 0 Å². The zero-order chi connectivity index (χ0) is 10.1. The van der Waals surface area contributed by atoms with Crippen LogP contribution in [0.15, 0.2) is 23.1 Å². The number of H-pyrrole nitrogens is 1. The van der Waals surface area contributed by atoms with Crippen LogP contribution in [0.4, 0.5) is 0 Å². The van der Waals surface area contributed by atoms with Crippen LogP contribution in [0, 0.1) is 0 Å². The second-order valence-electron chi connectivity index (χ2n) is 2.64. The molecule has 70 valence electrons. The summed E-state index contributed by atoms with van der Waals surface area (Å²) in [5.74, 6) is -1.18. The number of fused-ring (bicyclic) bond motifs is 1. The first-order valence-corrected chi connectivity index (χ1v) is 3.77. The normalized spacial score (nSPS) is 10.3. The number of aromatic carboxylic acids is 1. The van der Waals surface area contributed by atoms with Gasteiger partial charge >= 0.3 is 5.97 Å². The fourth-order valence-corrected chi connectivity index (χ4v) is 1.07. The summed E-state index contributed by atoms with van der Waals surface area (Å²) in [6.45, 7) is 0.